The summed E-state index contributed by atoms with van der Waals surface area (Å²) in [5.74, 6) is 2.04. The van der Waals surface area contributed by atoms with E-state index in [1.54, 1.807) is 0 Å². The van der Waals surface area contributed by atoms with Crippen molar-refractivity contribution in [3.05, 3.63) is 58.6 Å². The zero-order chi connectivity index (χ0) is 16.7. The third-order valence-electron chi connectivity index (χ3n) is 4.76. The summed E-state index contributed by atoms with van der Waals surface area (Å²) >= 11 is 6.23. The molecule has 4 nitrogen and oxygen atoms in total. The molecule has 4 rings (SSSR count). The van der Waals surface area contributed by atoms with Crippen LogP contribution in [0.1, 0.15) is 29.9 Å². The van der Waals surface area contributed by atoms with Crippen LogP contribution in [0.3, 0.4) is 0 Å². The van der Waals surface area contributed by atoms with E-state index in [0.29, 0.717) is 11.8 Å². The van der Waals surface area contributed by atoms with E-state index in [0.717, 1.165) is 30.2 Å². The van der Waals surface area contributed by atoms with Gasteiger partial charge in [-0.3, -0.25) is 9.69 Å². The Labute approximate surface area is 145 Å². The van der Waals surface area contributed by atoms with Gasteiger partial charge in [0.25, 0.3) is 0 Å². The van der Waals surface area contributed by atoms with E-state index in [1.807, 2.05) is 36.4 Å². The summed E-state index contributed by atoms with van der Waals surface area (Å²) in [7, 11) is 0. The first-order valence-corrected chi connectivity index (χ1v) is 8.41. The number of fused-ring (bicyclic) bond motifs is 5. The van der Waals surface area contributed by atoms with Crippen LogP contribution in [0.2, 0.25) is 5.02 Å². The minimum Gasteiger partial charge on any atom is -0.457 e. The molecule has 1 fully saturated rings. The molecule has 2 atom stereocenters. The van der Waals surface area contributed by atoms with Gasteiger partial charge >= 0.3 is 5.97 Å². The van der Waals surface area contributed by atoms with Crippen molar-refractivity contribution in [2.45, 2.75) is 18.8 Å². The van der Waals surface area contributed by atoms with Gasteiger partial charge in [0, 0.05) is 42.4 Å². The predicted molar refractivity (Wildman–Crippen MR) is 91.7 cm³/mol. The first-order valence-electron chi connectivity index (χ1n) is 8.04. The average Bonchev–Trinajstić information content (AvgIpc) is 2.94. The smallest absolute Gasteiger partial charge is 0.303 e. The SMILES string of the molecule is CC(=O)OCN1CC2c3ccccc3Oc3ccc(Cl)cc3C2C1. The zero-order valence-electron chi connectivity index (χ0n) is 13.4. The van der Waals surface area contributed by atoms with Gasteiger partial charge in [-0.25, -0.2) is 0 Å². The third-order valence-corrected chi connectivity index (χ3v) is 4.99. The molecule has 0 radical (unpaired) electrons. The van der Waals surface area contributed by atoms with E-state index in [2.05, 4.69) is 11.0 Å². The van der Waals surface area contributed by atoms with Gasteiger partial charge in [0.2, 0.25) is 0 Å². The maximum Gasteiger partial charge on any atom is 0.303 e. The Bertz CT molecular complexity index is 792. The average molecular weight is 344 g/mol. The molecule has 2 aliphatic rings. The Kier molecular flexibility index (Phi) is 3.94. The fourth-order valence-corrected chi connectivity index (χ4v) is 3.88. The summed E-state index contributed by atoms with van der Waals surface area (Å²) in [5.41, 5.74) is 2.31. The summed E-state index contributed by atoms with van der Waals surface area (Å²) in [4.78, 5) is 13.3. The van der Waals surface area contributed by atoms with Crippen LogP contribution in [0.15, 0.2) is 42.5 Å². The van der Waals surface area contributed by atoms with Crippen molar-refractivity contribution in [1.29, 1.82) is 0 Å². The second-order valence-corrected chi connectivity index (χ2v) is 6.77. The Morgan fingerprint density at radius 3 is 2.67 bits per heavy atom. The van der Waals surface area contributed by atoms with Crippen molar-refractivity contribution in [2.24, 2.45) is 0 Å². The molecule has 5 heteroatoms. The summed E-state index contributed by atoms with van der Waals surface area (Å²) in [6.45, 7) is 3.39. The lowest BCUT2D eigenvalue weighted by Crippen LogP contribution is -2.25. The first kappa shape index (κ1) is 15.5. The molecule has 1 saturated heterocycles. The lowest BCUT2D eigenvalue weighted by molar-refractivity contribution is -0.145. The highest BCUT2D eigenvalue weighted by molar-refractivity contribution is 6.30. The normalized spacial score (nSPS) is 21.9. The van der Waals surface area contributed by atoms with Gasteiger partial charge in [-0.1, -0.05) is 29.8 Å². The number of hydrogen-bond acceptors (Lipinski definition) is 4. The number of para-hydroxylation sites is 1. The maximum atomic E-state index is 11.1. The Morgan fingerprint density at radius 2 is 1.88 bits per heavy atom. The summed E-state index contributed by atoms with van der Waals surface area (Å²) < 4.78 is 11.4. The summed E-state index contributed by atoms with van der Waals surface area (Å²) in [5, 5.41) is 0.709. The van der Waals surface area contributed by atoms with E-state index in [4.69, 9.17) is 21.1 Å². The lowest BCUT2D eigenvalue weighted by atomic mass is 9.84. The largest absolute Gasteiger partial charge is 0.457 e. The number of carbonyl (C=O) groups is 1. The number of esters is 1. The first-order chi connectivity index (χ1) is 11.6. The Balaban J connectivity index is 1.74. The molecule has 0 saturated carbocycles. The molecule has 0 bridgehead atoms. The van der Waals surface area contributed by atoms with Crippen LogP contribution in [0.25, 0.3) is 0 Å². The highest BCUT2D eigenvalue weighted by Crippen LogP contribution is 2.50. The summed E-state index contributed by atoms with van der Waals surface area (Å²) in [6.07, 6.45) is 0. The standard InChI is InChI=1S/C19H18ClNO3/c1-12(22)23-11-21-9-16-14-4-2-3-5-18(14)24-19-7-6-13(20)8-15(19)17(16)10-21/h2-8,16-17H,9-11H2,1H3. The van der Waals surface area contributed by atoms with Crippen LogP contribution < -0.4 is 4.74 Å². The predicted octanol–water partition coefficient (Wildman–Crippen LogP) is 4.15. The third kappa shape index (κ3) is 2.76. The molecule has 2 heterocycles. The van der Waals surface area contributed by atoms with E-state index in [-0.39, 0.29) is 17.8 Å². The molecular weight excluding hydrogens is 326 g/mol. The molecule has 2 aromatic carbocycles. The van der Waals surface area contributed by atoms with Crippen molar-refractivity contribution >= 4 is 17.6 Å². The van der Waals surface area contributed by atoms with Crippen molar-refractivity contribution in [3.8, 4) is 11.5 Å². The fourth-order valence-electron chi connectivity index (χ4n) is 3.70. The van der Waals surface area contributed by atoms with E-state index in [1.165, 1.54) is 12.5 Å². The highest BCUT2D eigenvalue weighted by atomic mass is 35.5. The van der Waals surface area contributed by atoms with E-state index < -0.39 is 0 Å². The van der Waals surface area contributed by atoms with Gasteiger partial charge < -0.3 is 9.47 Å². The molecule has 124 valence electrons. The van der Waals surface area contributed by atoms with Gasteiger partial charge in [0.15, 0.2) is 0 Å². The van der Waals surface area contributed by atoms with Crippen molar-refractivity contribution in [2.75, 3.05) is 19.8 Å². The van der Waals surface area contributed by atoms with Crippen LogP contribution in [0, 0.1) is 0 Å². The van der Waals surface area contributed by atoms with Crippen molar-refractivity contribution in [1.82, 2.24) is 4.90 Å². The molecule has 0 aromatic heterocycles. The summed E-state index contributed by atoms with van der Waals surface area (Å²) in [6, 6.07) is 13.9. The van der Waals surface area contributed by atoms with Crippen molar-refractivity contribution < 1.29 is 14.3 Å². The maximum absolute atomic E-state index is 11.1. The molecule has 2 aromatic rings. The number of hydrogen-bond donors (Lipinski definition) is 0. The molecule has 0 N–H and O–H groups in total. The zero-order valence-corrected chi connectivity index (χ0v) is 14.1. The molecule has 0 aliphatic carbocycles. The highest BCUT2D eigenvalue weighted by Gasteiger charge is 2.40. The number of carbonyl (C=O) groups excluding carboxylic acids is 1. The van der Waals surface area contributed by atoms with Crippen LogP contribution in [0.5, 0.6) is 11.5 Å². The Hall–Kier alpha value is -2.04. The lowest BCUT2D eigenvalue weighted by Gasteiger charge is -2.17. The number of rotatable bonds is 2. The molecule has 2 aliphatic heterocycles. The molecule has 0 spiro atoms. The van der Waals surface area contributed by atoms with E-state index >= 15 is 0 Å². The Morgan fingerprint density at radius 1 is 1.17 bits per heavy atom. The molecular formula is C19H18ClNO3. The van der Waals surface area contributed by atoms with Crippen LogP contribution in [0.4, 0.5) is 0 Å². The van der Waals surface area contributed by atoms with Crippen molar-refractivity contribution in [3.63, 3.8) is 0 Å². The molecule has 2 unspecified atom stereocenters. The van der Waals surface area contributed by atoms with Gasteiger partial charge in [-0.15, -0.1) is 0 Å². The number of nitrogens with zero attached hydrogens (tertiary/aromatic N) is 1. The number of halogens is 1. The monoisotopic (exact) mass is 343 g/mol. The van der Waals surface area contributed by atoms with Crippen LogP contribution in [-0.4, -0.2) is 30.7 Å². The topological polar surface area (TPSA) is 38.8 Å². The second-order valence-electron chi connectivity index (χ2n) is 6.34. The number of benzene rings is 2. The second kappa shape index (κ2) is 6.11. The molecule has 0 amide bonds. The minimum atomic E-state index is -0.255. The van der Waals surface area contributed by atoms with Gasteiger partial charge in [-0.05, 0) is 29.8 Å². The van der Waals surface area contributed by atoms with Crippen LogP contribution in [-0.2, 0) is 9.53 Å². The quantitative estimate of drug-likeness (QED) is 0.768. The minimum absolute atomic E-state index is 0.255. The molecule has 24 heavy (non-hydrogen) atoms. The number of likely N-dealkylation sites (tertiary alicyclic amines) is 1. The van der Waals surface area contributed by atoms with Gasteiger partial charge in [-0.2, -0.15) is 0 Å². The number of ether oxygens (including phenoxy) is 2. The van der Waals surface area contributed by atoms with E-state index in [9.17, 15) is 4.79 Å². The van der Waals surface area contributed by atoms with Crippen LogP contribution >= 0.6 is 11.6 Å². The van der Waals surface area contributed by atoms with Gasteiger partial charge in [0.1, 0.15) is 18.2 Å². The fraction of sp³-hybridized carbons (Fsp3) is 0.316. The van der Waals surface area contributed by atoms with Gasteiger partial charge in [0.05, 0.1) is 0 Å².